The highest BCUT2D eigenvalue weighted by Crippen LogP contribution is 2.28. The number of hydrogen-bond acceptors (Lipinski definition) is 4. The second-order valence-electron chi connectivity index (χ2n) is 6.23. The number of nitrogens with one attached hydrogen (secondary N) is 1. The van der Waals surface area contributed by atoms with Crippen LogP contribution in [0.3, 0.4) is 0 Å². The van der Waals surface area contributed by atoms with Crippen molar-refractivity contribution >= 4 is 28.6 Å². The number of carbonyl (C=O) groups is 1. The van der Waals surface area contributed by atoms with Gasteiger partial charge >= 0.3 is 0 Å². The third-order valence-electron chi connectivity index (χ3n) is 4.37. The number of carbonyl (C=O) groups excluding carboxylic acids is 1. The fourth-order valence-electron chi connectivity index (χ4n) is 2.93. The monoisotopic (exact) mass is 341 g/mol. The molecule has 0 saturated carbocycles. The number of amides is 1. The van der Waals surface area contributed by atoms with Crippen LogP contribution in [0.1, 0.15) is 58.3 Å². The van der Waals surface area contributed by atoms with E-state index in [1.807, 2.05) is 31.2 Å². The highest BCUT2D eigenvalue weighted by molar-refractivity contribution is 7.14. The van der Waals surface area contributed by atoms with Crippen LogP contribution in [0, 0.1) is 0 Å². The lowest BCUT2D eigenvalue weighted by molar-refractivity contribution is 0.0959. The molecule has 126 valence electrons. The predicted octanol–water partition coefficient (Wildman–Crippen LogP) is 4.14. The Kier molecular flexibility index (Phi) is 5.30. The van der Waals surface area contributed by atoms with Crippen molar-refractivity contribution in [1.82, 2.24) is 5.43 Å². The van der Waals surface area contributed by atoms with Crippen LogP contribution < -0.4 is 11.2 Å². The quantitative estimate of drug-likeness (QED) is 0.500. The van der Waals surface area contributed by atoms with Crippen LogP contribution in [0.2, 0.25) is 0 Å². The highest BCUT2D eigenvalue weighted by Gasteiger charge is 2.15. The van der Waals surface area contributed by atoms with Gasteiger partial charge in [0, 0.05) is 10.6 Å². The van der Waals surface area contributed by atoms with Crippen LogP contribution in [-0.4, -0.2) is 11.6 Å². The largest absolute Gasteiger partial charge is 0.399 e. The van der Waals surface area contributed by atoms with E-state index in [9.17, 15) is 4.79 Å². The van der Waals surface area contributed by atoms with Crippen LogP contribution in [0.5, 0.6) is 0 Å². The summed E-state index contributed by atoms with van der Waals surface area (Å²) in [4.78, 5) is 14.5. The molecule has 0 bridgehead atoms. The lowest BCUT2D eigenvalue weighted by Gasteiger charge is -2.07. The van der Waals surface area contributed by atoms with Crippen molar-refractivity contribution in [3.05, 3.63) is 51.2 Å². The lowest BCUT2D eigenvalue weighted by atomic mass is 10.00. The molecule has 1 aromatic heterocycles. The van der Waals surface area contributed by atoms with Crippen molar-refractivity contribution in [2.45, 2.75) is 45.4 Å². The molecule has 3 N–H and O–H groups in total. The second-order valence-corrected chi connectivity index (χ2v) is 7.37. The highest BCUT2D eigenvalue weighted by atomic mass is 32.1. The first kappa shape index (κ1) is 16.7. The molecule has 1 aliphatic rings. The molecule has 0 atom stereocenters. The molecule has 24 heavy (non-hydrogen) atoms. The van der Waals surface area contributed by atoms with Crippen molar-refractivity contribution in [1.29, 1.82) is 0 Å². The van der Waals surface area contributed by atoms with E-state index < -0.39 is 0 Å². The van der Waals surface area contributed by atoms with Crippen LogP contribution in [-0.2, 0) is 12.8 Å². The van der Waals surface area contributed by atoms with Gasteiger partial charge in [0.2, 0.25) is 0 Å². The van der Waals surface area contributed by atoms with Gasteiger partial charge in [-0.1, -0.05) is 25.0 Å². The summed E-state index contributed by atoms with van der Waals surface area (Å²) in [6, 6.07) is 9.51. The van der Waals surface area contributed by atoms with E-state index in [1.165, 1.54) is 36.1 Å². The fraction of sp³-hybridized carbons (Fsp3) is 0.368. The topological polar surface area (TPSA) is 67.5 Å². The zero-order valence-corrected chi connectivity index (χ0v) is 14.8. The van der Waals surface area contributed by atoms with Gasteiger partial charge in [0.1, 0.15) is 0 Å². The van der Waals surface area contributed by atoms with E-state index in [-0.39, 0.29) is 5.91 Å². The number of thiophene rings is 1. The van der Waals surface area contributed by atoms with E-state index in [0.29, 0.717) is 5.69 Å². The molecule has 1 aromatic carbocycles. The third kappa shape index (κ3) is 4.03. The summed E-state index contributed by atoms with van der Waals surface area (Å²) in [5.41, 5.74) is 12.1. The maximum Gasteiger partial charge on any atom is 0.281 e. The minimum atomic E-state index is -0.124. The predicted molar refractivity (Wildman–Crippen MR) is 101 cm³/mol. The molecular formula is C19H23N3OS. The van der Waals surface area contributed by atoms with Crippen LogP contribution in [0.15, 0.2) is 35.4 Å². The van der Waals surface area contributed by atoms with E-state index in [2.05, 4.69) is 16.6 Å². The number of hydrogen-bond donors (Lipinski definition) is 2. The van der Waals surface area contributed by atoms with Crippen molar-refractivity contribution < 1.29 is 4.79 Å². The molecule has 1 heterocycles. The normalized spacial score (nSPS) is 15.3. The summed E-state index contributed by atoms with van der Waals surface area (Å²) in [6.07, 6.45) is 7.22. The summed E-state index contributed by atoms with van der Waals surface area (Å²) >= 11 is 1.62. The molecule has 0 saturated heterocycles. The number of nitrogen functional groups attached to an aromatic ring is 1. The summed E-state index contributed by atoms with van der Waals surface area (Å²) in [6.45, 7) is 1.87. The van der Waals surface area contributed by atoms with Crippen LogP contribution in [0.4, 0.5) is 5.69 Å². The Morgan fingerprint density at radius 3 is 2.58 bits per heavy atom. The zero-order chi connectivity index (χ0) is 16.9. The van der Waals surface area contributed by atoms with Crippen molar-refractivity contribution in [3.8, 4) is 0 Å². The van der Waals surface area contributed by atoms with Gasteiger partial charge in [-0.15, -0.1) is 11.3 Å². The molecule has 3 rings (SSSR count). The van der Waals surface area contributed by atoms with Gasteiger partial charge in [-0.25, -0.2) is 5.43 Å². The number of anilines is 1. The van der Waals surface area contributed by atoms with Gasteiger partial charge in [-0.05, 0) is 61.9 Å². The zero-order valence-electron chi connectivity index (χ0n) is 14.0. The molecule has 4 nitrogen and oxygen atoms in total. The van der Waals surface area contributed by atoms with E-state index in [4.69, 9.17) is 5.73 Å². The van der Waals surface area contributed by atoms with Crippen LogP contribution in [0.25, 0.3) is 0 Å². The Labute approximate surface area is 146 Å². The number of rotatable bonds is 3. The van der Waals surface area contributed by atoms with E-state index in [0.717, 1.165) is 29.0 Å². The first-order valence-corrected chi connectivity index (χ1v) is 9.27. The molecule has 0 unspecified atom stereocenters. The van der Waals surface area contributed by atoms with E-state index in [1.54, 1.807) is 11.3 Å². The standard InChI is InChI=1S/C19H23N3OS/c1-13(14-8-10-16(20)11-9-14)21-22-19(23)18-12-15-6-4-2-3-5-7-17(15)24-18/h8-12H,2-7,20H2,1H3,(H,22,23)/b21-13-. The minimum Gasteiger partial charge on any atom is -0.399 e. The molecule has 2 aromatic rings. The maximum atomic E-state index is 12.4. The Bertz CT molecular complexity index is 721. The number of nitrogens with zero attached hydrogens (tertiary/aromatic N) is 1. The third-order valence-corrected chi connectivity index (χ3v) is 5.61. The number of aryl methyl sites for hydroxylation is 2. The van der Waals surface area contributed by atoms with Gasteiger partial charge in [-0.2, -0.15) is 5.10 Å². The molecule has 1 amide bonds. The smallest absolute Gasteiger partial charge is 0.281 e. The van der Waals surface area contributed by atoms with Gasteiger partial charge in [-0.3, -0.25) is 4.79 Å². The van der Waals surface area contributed by atoms with E-state index >= 15 is 0 Å². The second kappa shape index (κ2) is 7.62. The first-order chi connectivity index (χ1) is 11.6. The maximum absolute atomic E-state index is 12.4. The number of hydrazone groups is 1. The molecule has 0 fully saturated rings. The summed E-state index contributed by atoms with van der Waals surface area (Å²) < 4.78 is 0. The first-order valence-electron chi connectivity index (χ1n) is 8.45. The Morgan fingerprint density at radius 2 is 1.83 bits per heavy atom. The average Bonchev–Trinajstić information content (AvgIpc) is 2.95. The van der Waals surface area contributed by atoms with Gasteiger partial charge in [0.15, 0.2) is 0 Å². The van der Waals surface area contributed by atoms with Crippen molar-refractivity contribution in [2.75, 3.05) is 5.73 Å². The summed E-state index contributed by atoms with van der Waals surface area (Å²) in [7, 11) is 0. The number of benzene rings is 1. The van der Waals surface area contributed by atoms with Crippen molar-refractivity contribution in [2.24, 2.45) is 5.10 Å². The molecule has 1 aliphatic carbocycles. The van der Waals surface area contributed by atoms with Gasteiger partial charge in [0.05, 0.1) is 10.6 Å². The molecule has 5 heteroatoms. The number of fused-ring (bicyclic) bond motifs is 1. The van der Waals surface area contributed by atoms with Gasteiger partial charge < -0.3 is 5.73 Å². The molecule has 0 aliphatic heterocycles. The molecule has 0 spiro atoms. The Balaban J connectivity index is 1.69. The lowest BCUT2D eigenvalue weighted by Crippen LogP contribution is -2.18. The average molecular weight is 341 g/mol. The minimum absolute atomic E-state index is 0.124. The Hall–Kier alpha value is -2.14. The molecular weight excluding hydrogens is 318 g/mol. The summed E-state index contributed by atoms with van der Waals surface area (Å²) in [5.74, 6) is -0.124. The number of nitrogens with two attached hydrogens (primary N) is 1. The SMILES string of the molecule is C/C(=N/NC(=O)c1cc2c(s1)CCCCCC2)c1ccc(N)cc1. The fourth-order valence-corrected chi connectivity index (χ4v) is 4.08. The van der Waals surface area contributed by atoms with Gasteiger partial charge in [0.25, 0.3) is 5.91 Å². The molecule has 0 radical (unpaired) electrons. The van der Waals surface area contributed by atoms with Crippen LogP contribution >= 0.6 is 11.3 Å². The Morgan fingerprint density at radius 1 is 1.12 bits per heavy atom. The summed E-state index contributed by atoms with van der Waals surface area (Å²) in [5, 5.41) is 4.23. The van der Waals surface area contributed by atoms with Crippen molar-refractivity contribution in [3.63, 3.8) is 0 Å².